The van der Waals surface area contributed by atoms with Gasteiger partial charge in [0, 0.05) is 19.6 Å². The van der Waals surface area contributed by atoms with Crippen LogP contribution in [0.25, 0.3) is 0 Å². The number of ether oxygens (including phenoxy) is 2. The zero-order chi connectivity index (χ0) is 15.2. The molecule has 0 heterocycles. The SMILES string of the molecule is CNCCN(C)CC(=O)NCCOCCOCC(C)=O. The Balaban J connectivity index is 3.33. The molecule has 0 aliphatic heterocycles. The number of Topliss-reactive ketones (excluding diaryl/α,β-unsaturated/α-hetero) is 1. The van der Waals surface area contributed by atoms with E-state index in [2.05, 4.69) is 10.6 Å². The van der Waals surface area contributed by atoms with E-state index in [9.17, 15) is 9.59 Å². The van der Waals surface area contributed by atoms with E-state index in [4.69, 9.17) is 9.47 Å². The number of hydrogen-bond acceptors (Lipinski definition) is 6. The number of carbonyl (C=O) groups excluding carboxylic acids is 2. The molecule has 0 aliphatic rings. The topological polar surface area (TPSA) is 79.9 Å². The second kappa shape index (κ2) is 13.0. The van der Waals surface area contributed by atoms with E-state index in [1.807, 2.05) is 19.0 Å². The Labute approximate surface area is 121 Å². The maximum atomic E-state index is 11.5. The molecule has 0 spiro atoms. The van der Waals surface area contributed by atoms with Crippen molar-refractivity contribution in [2.24, 2.45) is 0 Å². The molecule has 0 rings (SSSR count). The van der Waals surface area contributed by atoms with Crippen molar-refractivity contribution in [1.82, 2.24) is 15.5 Å². The maximum absolute atomic E-state index is 11.5. The van der Waals surface area contributed by atoms with Crippen LogP contribution >= 0.6 is 0 Å². The summed E-state index contributed by atoms with van der Waals surface area (Å²) in [6.45, 7) is 5.39. The van der Waals surface area contributed by atoms with Crippen LogP contribution in [-0.4, -0.2) is 83.3 Å². The van der Waals surface area contributed by atoms with Gasteiger partial charge in [-0.2, -0.15) is 0 Å². The van der Waals surface area contributed by atoms with Gasteiger partial charge in [0.1, 0.15) is 6.61 Å². The molecular formula is C13H27N3O4. The Morgan fingerprint density at radius 1 is 1.10 bits per heavy atom. The Bertz CT molecular complexity index is 274. The third-order valence-electron chi connectivity index (χ3n) is 2.40. The van der Waals surface area contributed by atoms with Crippen LogP contribution < -0.4 is 10.6 Å². The number of ketones is 1. The fourth-order valence-corrected chi connectivity index (χ4v) is 1.38. The van der Waals surface area contributed by atoms with Crippen molar-refractivity contribution in [3.8, 4) is 0 Å². The van der Waals surface area contributed by atoms with Crippen LogP contribution in [0.5, 0.6) is 0 Å². The fraction of sp³-hybridized carbons (Fsp3) is 0.846. The van der Waals surface area contributed by atoms with Crippen LogP contribution in [0, 0.1) is 0 Å². The van der Waals surface area contributed by atoms with Gasteiger partial charge in [0.05, 0.1) is 26.4 Å². The van der Waals surface area contributed by atoms with E-state index in [0.29, 0.717) is 32.9 Å². The Kier molecular flexibility index (Phi) is 12.3. The first kappa shape index (κ1) is 19.0. The molecule has 2 N–H and O–H groups in total. The molecule has 0 aliphatic carbocycles. The molecule has 0 aromatic carbocycles. The summed E-state index contributed by atoms with van der Waals surface area (Å²) in [7, 11) is 3.78. The number of carbonyl (C=O) groups is 2. The number of rotatable bonds is 13. The minimum Gasteiger partial charge on any atom is -0.377 e. The summed E-state index contributed by atoms with van der Waals surface area (Å²) in [5, 5.41) is 5.81. The lowest BCUT2D eigenvalue weighted by Crippen LogP contribution is -2.38. The lowest BCUT2D eigenvalue weighted by molar-refractivity contribution is -0.123. The van der Waals surface area contributed by atoms with Gasteiger partial charge in [0.25, 0.3) is 0 Å². The highest BCUT2D eigenvalue weighted by atomic mass is 16.5. The lowest BCUT2D eigenvalue weighted by atomic mass is 10.4. The van der Waals surface area contributed by atoms with Gasteiger partial charge >= 0.3 is 0 Å². The van der Waals surface area contributed by atoms with Gasteiger partial charge in [-0.1, -0.05) is 0 Å². The van der Waals surface area contributed by atoms with Crippen molar-refractivity contribution in [3.05, 3.63) is 0 Å². The highest BCUT2D eigenvalue weighted by molar-refractivity contribution is 5.78. The highest BCUT2D eigenvalue weighted by Gasteiger charge is 2.04. The van der Waals surface area contributed by atoms with Crippen LogP contribution in [0.1, 0.15) is 6.92 Å². The summed E-state index contributed by atoms with van der Waals surface area (Å²) in [6.07, 6.45) is 0. The maximum Gasteiger partial charge on any atom is 0.234 e. The molecule has 0 fully saturated rings. The average Bonchev–Trinajstić information content (AvgIpc) is 2.39. The van der Waals surface area contributed by atoms with E-state index in [-0.39, 0.29) is 18.3 Å². The molecule has 7 heteroatoms. The number of nitrogens with one attached hydrogen (secondary N) is 2. The van der Waals surface area contributed by atoms with Crippen molar-refractivity contribution in [2.45, 2.75) is 6.92 Å². The zero-order valence-electron chi connectivity index (χ0n) is 12.7. The molecule has 0 unspecified atom stereocenters. The van der Waals surface area contributed by atoms with Gasteiger partial charge in [-0.25, -0.2) is 0 Å². The van der Waals surface area contributed by atoms with Crippen LogP contribution in [0.2, 0.25) is 0 Å². The molecule has 0 saturated carbocycles. The third-order valence-corrected chi connectivity index (χ3v) is 2.40. The minimum atomic E-state index is -0.0139. The first-order valence-corrected chi connectivity index (χ1v) is 6.81. The predicted molar refractivity (Wildman–Crippen MR) is 76.8 cm³/mol. The van der Waals surface area contributed by atoms with Crippen LogP contribution in [-0.2, 0) is 19.1 Å². The molecule has 118 valence electrons. The van der Waals surface area contributed by atoms with Crippen LogP contribution in [0.15, 0.2) is 0 Å². The molecule has 0 bridgehead atoms. The van der Waals surface area contributed by atoms with Crippen LogP contribution in [0.3, 0.4) is 0 Å². The van der Waals surface area contributed by atoms with Crippen molar-refractivity contribution in [3.63, 3.8) is 0 Å². The van der Waals surface area contributed by atoms with Crippen molar-refractivity contribution < 1.29 is 19.1 Å². The summed E-state index contributed by atoms with van der Waals surface area (Å²) in [5.74, 6) is -0.0142. The predicted octanol–water partition coefficient (Wildman–Crippen LogP) is -1.12. The van der Waals surface area contributed by atoms with Gasteiger partial charge in [-0.15, -0.1) is 0 Å². The van der Waals surface area contributed by atoms with Gasteiger partial charge < -0.3 is 20.1 Å². The Morgan fingerprint density at radius 2 is 1.80 bits per heavy atom. The third kappa shape index (κ3) is 13.4. The zero-order valence-corrected chi connectivity index (χ0v) is 12.7. The number of amides is 1. The summed E-state index contributed by atoms with van der Waals surface area (Å²) < 4.78 is 10.3. The monoisotopic (exact) mass is 289 g/mol. The molecule has 7 nitrogen and oxygen atoms in total. The number of nitrogens with zero attached hydrogens (tertiary/aromatic N) is 1. The largest absolute Gasteiger partial charge is 0.377 e. The second-order valence-corrected chi connectivity index (χ2v) is 4.56. The summed E-state index contributed by atoms with van der Waals surface area (Å²) >= 11 is 0. The molecule has 0 aromatic rings. The van der Waals surface area contributed by atoms with E-state index in [1.54, 1.807) is 0 Å². The number of likely N-dealkylation sites (N-methyl/N-ethyl adjacent to an activating group) is 2. The summed E-state index contributed by atoms with van der Waals surface area (Å²) in [5.41, 5.74) is 0. The molecule has 1 amide bonds. The van der Waals surface area contributed by atoms with E-state index in [1.165, 1.54) is 6.92 Å². The standard InChI is InChI=1S/C13H27N3O4/c1-12(17)11-20-9-8-19-7-5-15-13(18)10-16(3)6-4-14-2/h14H,4-11H2,1-3H3,(H,15,18). The number of hydrogen-bond donors (Lipinski definition) is 2. The minimum absolute atomic E-state index is 0.000318. The van der Waals surface area contributed by atoms with Gasteiger partial charge in [-0.05, 0) is 21.0 Å². The van der Waals surface area contributed by atoms with Crippen molar-refractivity contribution >= 4 is 11.7 Å². The molecule has 0 saturated heterocycles. The summed E-state index contributed by atoms with van der Waals surface area (Å²) in [4.78, 5) is 24.1. The Morgan fingerprint density at radius 3 is 2.45 bits per heavy atom. The van der Waals surface area contributed by atoms with Crippen molar-refractivity contribution in [2.75, 3.05) is 66.7 Å². The molecular weight excluding hydrogens is 262 g/mol. The van der Waals surface area contributed by atoms with E-state index >= 15 is 0 Å². The highest BCUT2D eigenvalue weighted by Crippen LogP contribution is 1.82. The second-order valence-electron chi connectivity index (χ2n) is 4.56. The van der Waals surface area contributed by atoms with Crippen molar-refractivity contribution in [1.29, 1.82) is 0 Å². The van der Waals surface area contributed by atoms with Gasteiger partial charge in [0.2, 0.25) is 5.91 Å². The smallest absolute Gasteiger partial charge is 0.234 e. The molecule has 20 heavy (non-hydrogen) atoms. The quantitative estimate of drug-likeness (QED) is 0.418. The molecule has 0 atom stereocenters. The first-order valence-electron chi connectivity index (χ1n) is 6.81. The van der Waals surface area contributed by atoms with Gasteiger partial charge in [0.15, 0.2) is 5.78 Å². The van der Waals surface area contributed by atoms with Crippen LogP contribution in [0.4, 0.5) is 0 Å². The van der Waals surface area contributed by atoms with E-state index < -0.39 is 0 Å². The normalized spacial score (nSPS) is 10.8. The lowest BCUT2D eigenvalue weighted by Gasteiger charge is -2.15. The molecule has 0 radical (unpaired) electrons. The first-order chi connectivity index (χ1) is 9.56. The van der Waals surface area contributed by atoms with E-state index in [0.717, 1.165) is 13.1 Å². The van der Waals surface area contributed by atoms with Gasteiger partial charge in [-0.3, -0.25) is 14.5 Å². The fourth-order valence-electron chi connectivity index (χ4n) is 1.38. The summed E-state index contributed by atoms with van der Waals surface area (Å²) in [6, 6.07) is 0. The molecule has 0 aromatic heterocycles. The average molecular weight is 289 g/mol. The Hall–Kier alpha value is -1.02.